The molecular formula is C30H52N4O. The van der Waals surface area contributed by atoms with E-state index < -0.39 is 0 Å². The smallest absolute Gasteiger partial charge is 0.0567 e. The van der Waals surface area contributed by atoms with Crippen LogP contribution < -0.4 is 0 Å². The van der Waals surface area contributed by atoms with Crippen molar-refractivity contribution in [3.8, 4) is 0 Å². The molecule has 0 radical (unpaired) electrons. The first kappa shape index (κ1) is 23.9. The van der Waals surface area contributed by atoms with Crippen molar-refractivity contribution in [2.75, 3.05) is 26.2 Å². The van der Waals surface area contributed by atoms with Gasteiger partial charge in [0.05, 0.1) is 6.10 Å². The van der Waals surface area contributed by atoms with E-state index >= 15 is 0 Å². The lowest BCUT2D eigenvalue weighted by atomic mass is 9.76. The van der Waals surface area contributed by atoms with Gasteiger partial charge < -0.3 is 5.11 Å². The second-order valence-corrected chi connectivity index (χ2v) is 13.8. The van der Waals surface area contributed by atoms with Crippen LogP contribution in [0.2, 0.25) is 0 Å². The highest BCUT2D eigenvalue weighted by atomic mass is 16.3. The van der Waals surface area contributed by atoms with Crippen LogP contribution in [0, 0.1) is 0 Å². The average molecular weight is 485 g/mol. The molecule has 8 fully saturated rings. The minimum Gasteiger partial charge on any atom is -0.393 e. The van der Waals surface area contributed by atoms with Crippen LogP contribution in [0.3, 0.4) is 0 Å². The molecule has 0 aliphatic carbocycles. The summed E-state index contributed by atoms with van der Waals surface area (Å²) in [7, 11) is 0. The van der Waals surface area contributed by atoms with Crippen LogP contribution in [0.4, 0.5) is 0 Å². The number of fused-ring (bicyclic) bond motifs is 12. The van der Waals surface area contributed by atoms with Crippen LogP contribution in [0.1, 0.15) is 109 Å². The molecule has 0 aromatic heterocycles. The van der Waals surface area contributed by atoms with Gasteiger partial charge in [0.15, 0.2) is 0 Å². The van der Waals surface area contributed by atoms with Crippen molar-refractivity contribution < 1.29 is 5.11 Å². The van der Waals surface area contributed by atoms with Gasteiger partial charge in [-0.2, -0.15) is 0 Å². The Bertz CT molecular complexity index is 705. The molecule has 0 aromatic rings. The van der Waals surface area contributed by atoms with Gasteiger partial charge in [0, 0.05) is 54.9 Å². The number of piperidine rings is 8. The zero-order valence-electron chi connectivity index (χ0n) is 22.3. The number of aliphatic hydroxyl groups excluding tert-OH is 1. The summed E-state index contributed by atoms with van der Waals surface area (Å²) in [6, 6.07) is 7.06. The molecule has 0 aromatic carbocycles. The summed E-state index contributed by atoms with van der Waals surface area (Å²) in [5.41, 5.74) is 0. The molecule has 9 atom stereocenters. The molecule has 198 valence electrons. The van der Waals surface area contributed by atoms with E-state index in [0.29, 0.717) is 6.04 Å². The van der Waals surface area contributed by atoms with Gasteiger partial charge in [-0.05, 0) is 110 Å². The highest BCUT2D eigenvalue weighted by Gasteiger charge is 2.47. The average Bonchev–Trinajstić information content (AvgIpc) is 2.89. The molecule has 0 spiro atoms. The van der Waals surface area contributed by atoms with E-state index in [4.69, 9.17) is 0 Å². The number of hydrogen-bond acceptors (Lipinski definition) is 5. The summed E-state index contributed by atoms with van der Waals surface area (Å²) >= 11 is 0. The molecule has 0 saturated carbocycles. The monoisotopic (exact) mass is 484 g/mol. The molecule has 4 bridgehead atoms. The first-order chi connectivity index (χ1) is 17.2. The van der Waals surface area contributed by atoms with Crippen LogP contribution in [0.5, 0.6) is 0 Å². The van der Waals surface area contributed by atoms with Crippen LogP contribution in [-0.2, 0) is 0 Å². The fourth-order valence-electron chi connectivity index (χ4n) is 10.4. The Hall–Kier alpha value is -0.200. The third kappa shape index (κ3) is 4.64. The van der Waals surface area contributed by atoms with E-state index in [9.17, 15) is 5.11 Å². The first-order valence-corrected chi connectivity index (χ1v) is 15.9. The Labute approximate surface area is 214 Å². The van der Waals surface area contributed by atoms with Crippen LogP contribution >= 0.6 is 0 Å². The van der Waals surface area contributed by atoms with Crippen molar-refractivity contribution in [1.29, 1.82) is 0 Å². The molecule has 8 aliphatic rings. The van der Waals surface area contributed by atoms with Crippen molar-refractivity contribution in [2.45, 2.75) is 164 Å². The van der Waals surface area contributed by atoms with Crippen LogP contribution in [-0.4, -0.2) is 105 Å². The maximum Gasteiger partial charge on any atom is 0.0567 e. The highest BCUT2D eigenvalue weighted by Crippen LogP contribution is 2.43. The summed E-state index contributed by atoms with van der Waals surface area (Å²) in [6.07, 6.45) is 23.8. The molecule has 8 rings (SSSR count). The van der Waals surface area contributed by atoms with E-state index in [-0.39, 0.29) is 6.10 Å². The van der Waals surface area contributed by atoms with E-state index in [1.54, 1.807) is 0 Å². The lowest BCUT2D eigenvalue weighted by Gasteiger charge is -2.58. The van der Waals surface area contributed by atoms with Gasteiger partial charge in [0.1, 0.15) is 0 Å². The predicted octanol–water partition coefficient (Wildman–Crippen LogP) is 4.23. The number of aliphatic hydroxyl groups is 1. The predicted molar refractivity (Wildman–Crippen MR) is 142 cm³/mol. The number of rotatable bonds is 0. The maximum atomic E-state index is 9.90. The van der Waals surface area contributed by atoms with E-state index in [1.807, 2.05) is 0 Å². The van der Waals surface area contributed by atoms with Crippen molar-refractivity contribution in [2.24, 2.45) is 0 Å². The van der Waals surface area contributed by atoms with Gasteiger partial charge in [-0.1, -0.05) is 19.3 Å². The van der Waals surface area contributed by atoms with Crippen LogP contribution in [0.15, 0.2) is 0 Å². The van der Waals surface area contributed by atoms with Gasteiger partial charge in [-0.25, -0.2) is 0 Å². The summed E-state index contributed by atoms with van der Waals surface area (Å²) in [4.78, 5) is 11.4. The Balaban J connectivity index is 0.000000120. The molecular weight excluding hydrogens is 432 g/mol. The van der Waals surface area contributed by atoms with E-state index in [2.05, 4.69) is 19.6 Å². The van der Waals surface area contributed by atoms with E-state index in [0.717, 1.165) is 61.7 Å². The molecule has 8 aliphatic heterocycles. The molecule has 35 heavy (non-hydrogen) atoms. The zero-order chi connectivity index (χ0) is 23.4. The van der Waals surface area contributed by atoms with Crippen molar-refractivity contribution >= 4 is 0 Å². The van der Waals surface area contributed by atoms with Gasteiger partial charge in [-0.15, -0.1) is 0 Å². The molecule has 5 heteroatoms. The van der Waals surface area contributed by atoms with Crippen molar-refractivity contribution in [3.05, 3.63) is 0 Å². The Morgan fingerprint density at radius 1 is 0.343 bits per heavy atom. The SMILES string of the molecule is C1CCN2[C@H]3C[C@H](C[C@H]2C1)N1CCCC[C@H]1C3.OC1CCN2[C@@H]3C[C@@H](C[C@@H]2C1)N1CCCC[C@@H]1C3. The Morgan fingerprint density at radius 2 is 0.686 bits per heavy atom. The van der Waals surface area contributed by atoms with Crippen molar-refractivity contribution in [3.63, 3.8) is 0 Å². The summed E-state index contributed by atoms with van der Waals surface area (Å²) in [6.45, 7) is 5.32. The summed E-state index contributed by atoms with van der Waals surface area (Å²) < 4.78 is 0. The highest BCUT2D eigenvalue weighted by molar-refractivity contribution is 5.04. The lowest BCUT2D eigenvalue weighted by Crippen LogP contribution is -2.65. The third-order valence-corrected chi connectivity index (χ3v) is 11.9. The molecule has 1 unspecified atom stereocenters. The van der Waals surface area contributed by atoms with Gasteiger partial charge >= 0.3 is 0 Å². The van der Waals surface area contributed by atoms with Gasteiger partial charge in [0.25, 0.3) is 0 Å². The number of hydrogen-bond donors (Lipinski definition) is 1. The maximum absolute atomic E-state index is 9.90. The largest absolute Gasteiger partial charge is 0.393 e. The number of nitrogens with zero attached hydrogens (tertiary/aromatic N) is 4. The second kappa shape index (κ2) is 10.2. The van der Waals surface area contributed by atoms with E-state index in [1.165, 1.54) is 116 Å². The van der Waals surface area contributed by atoms with Crippen LogP contribution in [0.25, 0.3) is 0 Å². The fraction of sp³-hybridized carbons (Fsp3) is 1.00. The lowest BCUT2D eigenvalue weighted by molar-refractivity contribution is -0.0884. The van der Waals surface area contributed by atoms with Gasteiger partial charge in [-0.3, -0.25) is 19.6 Å². The fourth-order valence-corrected chi connectivity index (χ4v) is 10.4. The molecule has 8 heterocycles. The topological polar surface area (TPSA) is 33.2 Å². The minimum atomic E-state index is -0.0257. The third-order valence-electron chi connectivity index (χ3n) is 11.9. The summed E-state index contributed by atoms with van der Waals surface area (Å²) in [5, 5.41) is 9.90. The molecule has 5 nitrogen and oxygen atoms in total. The Kier molecular flexibility index (Phi) is 6.94. The normalized spacial score (nSPS) is 48.4. The summed E-state index contributed by atoms with van der Waals surface area (Å²) in [5.74, 6) is 0. The molecule has 8 saturated heterocycles. The molecule has 0 amide bonds. The van der Waals surface area contributed by atoms with Gasteiger partial charge in [0.2, 0.25) is 0 Å². The van der Waals surface area contributed by atoms with Crippen molar-refractivity contribution in [1.82, 2.24) is 19.6 Å². The second-order valence-electron chi connectivity index (χ2n) is 13.8. The quantitative estimate of drug-likeness (QED) is 0.556. The standard InChI is InChI=1S/C15H26N2O.C15H26N2/c18-15-4-6-17-12-7-11-3-1-2-5-16(11)13(8-12)9-14(17)10-15;1-3-7-16-12(5-1)9-14-11-15(16)10-13-6-2-4-8-17(13)14/h11-15,18H,1-10H2;12-15H,1-11H2/t11-,12+,13+,14-,15?;12-,13+,14+,15-/m1./s1. The first-order valence-electron chi connectivity index (χ1n) is 15.9. The molecule has 1 N–H and O–H groups in total. The Morgan fingerprint density at radius 3 is 1.11 bits per heavy atom. The minimum absolute atomic E-state index is 0.0257. The zero-order valence-corrected chi connectivity index (χ0v) is 22.3.